The third-order valence-corrected chi connectivity index (χ3v) is 4.83. The molecule has 0 spiro atoms. The molecule has 0 aliphatic heterocycles. The molecule has 0 aromatic heterocycles. The summed E-state index contributed by atoms with van der Waals surface area (Å²) in [7, 11) is 0. The summed E-state index contributed by atoms with van der Waals surface area (Å²) in [6.07, 6.45) is 3.48. The number of unbranched alkanes of at least 4 members (excludes halogenated alkanes) is 1. The van der Waals surface area contributed by atoms with E-state index in [1.807, 2.05) is 36.4 Å². The molecular weight excluding hydrogens is 404 g/mol. The standard InChI is InChI=1S/C27H28O5/c1-2-3-18-30-25-17-8-7-16-24(25)27(29)32-23-15-9-14-22(20-23)26(28)31-19-10-13-21-11-5-4-6-12-21/h4-9,11-12,14-17,20H,2-3,10,13,18-19H2,1H3. The Balaban J connectivity index is 1.55. The van der Waals surface area contributed by atoms with Crippen LogP contribution < -0.4 is 9.47 Å². The van der Waals surface area contributed by atoms with E-state index in [-0.39, 0.29) is 5.75 Å². The second kappa shape index (κ2) is 12.3. The van der Waals surface area contributed by atoms with Gasteiger partial charge in [-0.3, -0.25) is 0 Å². The van der Waals surface area contributed by atoms with Crippen LogP contribution in [0.5, 0.6) is 11.5 Å². The normalized spacial score (nSPS) is 10.4. The minimum atomic E-state index is -0.537. The van der Waals surface area contributed by atoms with E-state index in [2.05, 4.69) is 6.92 Å². The largest absolute Gasteiger partial charge is 0.493 e. The summed E-state index contributed by atoms with van der Waals surface area (Å²) in [5.41, 5.74) is 1.89. The molecule has 0 aliphatic carbocycles. The molecule has 166 valence electrons. The van der Waals surface area contributed by atoms with Crippen molar-refractivity contribution in [3.8, 4) is 11.5 Å². The maximum Gasteiger partial charge on any atom is 0.347 e. The van der Waals surface area contributed by atoms with E-state index in [0.29, 0.717) is 30.1 Å². The Hall–Kier alpha value is -3.60. The summed E-state index contributed by atoms with van der Waals surface area (Å²) in [5.74, 6) is -0.221. The van der Waals surface area contributed by atoms with Gasteiger partial charge in [0, 0.05) is 0 Å². The molecule has 3 aromatic carbocycles. The molecule has 3 rings (SSSR count). The van der Waals surface area contributed by atoms with E-state index in [1.165, 1.54) is 11.6 Å². The molecule has 0 bridgehead atoms. The molecule has 0 aliphatic rings. The van der Waals surface area contributed by atoms with E-state index >= 15 is 0 Å². The molecule has 0 atom stereocenters. The summed E-state index contributed by atoms with van der Waals surface area (Å²) >= 11 is 0. The number of esters is 2. The van der Waals surface area contributed by atoms with Gasteiger partial charge in [0.2, 0.25) is 0 Å². The molecule has 3 aromatic rings. The first-order chi connectivity index (χ1) is 15.7. The highest BCUT2D eigenvalue weighted by molar-refractivity contribution is 5.94. The van der Waals surface area contributed by atoms with Crippen LogP contribution in [0.3, 0.4) is 0 Å². The highest BCUT2D eigenvalue weighted by Crippen LogP contribution is 2.22. The Morgan fingerprint density at radius 2 is 1.56 bits per heavy atom. The number of hydrogen-bond acceptors (Lipinski definition) is 5. The zero-order valence-corrected chi connectivity index (χ0v) is 18.3. The topological polar surface area (TPSA) is 61.8 Å². The number of carbonyl (C=O) groups excluding carboxylic acids is 2. The summed E-state index contributed by atoms with van der Waals surface area (Å²) < 4.78 is 16.6. The van der Waals surface area contributed by atoms with E-state index in [4.69, 9.17) is 14.2 Å². The molecule has 32 heavy (non-hydrogen) atoms. The Bertz CT molecular complexity index is 1010. The van der Waals surface area contributed by atoms with Gasteiger partial charge < -0.3 is 14.2 Å². The minimum absolute atomic E-state index is 0.275. The third kappa shape index (κ3) is 6.98. The van der Waals surface area contributed by atoms with Gasteiger partial charge in [-0.05, 0) is 55.2 Å². The highest BCUT2D eigenvalue weighted by atomic mass is 16.5. The predicted octanol–water partition coefficient (Wildman–Crippen LogP) is 5.87. The van der Waals surface area contributed by atoms with Crippen molar-refractivity contribution in [3.05, 3.63) is 95.6 Å². The van der Waals surface area contributed by atoms with Crippen LogP contribution >= 0.6 is 0 Å². The number of carbonyl (C=O) groups is 2. The number of rotatable bonds is 11. The van der Waals surface area contributed by atoms with Gasteiger partial charge in [-0.25, -0.2) is 9.59 Å². The lowest BCUT2D eigenvalue weighted by Gasteiger charge is -2.11. The molecule has 5 nitrogen and oxygen atoms in total. The van der Waals surface area contributed by atoms with E-state index in [1.54, 1.807) is 36.4 Å². The van der Waals surface area contributed by atoms with Crippen LogP contribution in [0.2, 0.25) is 0 Å². The van der Waals surface area contributed by atoms with Crippen LogP contribution in [0, 0.1) is 0 Å². The summed E-state index contributed by atoms with van der Waals surface area (Å²) in [6.45, 7) is 2.93. The summed E-state index contributed by atoms with van der Waals surface area (Å²) in [4.78, 5) is 25.1. The van der Waals surface area contributed by atoms with E-state index < -0.39 is 11.9 Å². The smallest absolute Gasteiger partial charge is 0.347 e. The lowest BCUT2D eigenvalue weighted by molar-refractivity contribution is 0.0498. The first-order valence-corrected chi connectivity index (χ1v) is 10.9. The summed E-state index contributed by atoms with van der Waals surface area (Å²) in [6, 6.07) is 23.5. The van der Waals surface area contributed by atoms with E-state index in [9.17, 15) is 9.59 Å². The van der Waals surface area contributed by atoms with Gasteiger partial charge >= 0.3 is 11.9 Å². The van der Waals surface area contributed by atoms with Crippen molar-refractivity contribution in [2.45, 2.75) is 32.6 Å². The molecule has 0 amide bonds. The van der Waals surface area contributed by atoms with Crippen molar-refractivity contribution in [2.24, 2.45) is 0 Å². The van der Waals surface area contributed by atoms with Crippen molar-refractivity contribution in [1.82, 2.24) is 0 Å². The summed E-state index contributed by atoms with van der Waals surface area (Å²) in [5, 5.41) is 0. The molecule has 0 saturated carbocycles. The maximum atomic E-state index is 12.7. The van der Waals surface area contributed by atoms with Crippen LogP contribution in [0.15, 0.2) is 78.9 Å². The van der Waals surface area contributed by atoms with Crippen LogP contribution in [0.1, 0.15) is 52.5 Å². The van der Waals surface area contributed by atoms with Gasteiger partial charge in [0.05, 0.1) is 18.8 Å². The quantitative estimate of drug-likeness (QED) is 0.215. The first kappa shape index (κ1) is 23.1. The third-order valence-electron chi connectivity index (χ3n) is 4.83. The van der Waals surface area contributed by atoms with Gasteiger partial charge in [-0.2, -0.15) is 0 Å². The number of aryl methyl sites for hydroxylation is 1. The van der Waals surface area contributed by atoms with Crippen LogP contribution in [0.4, 0.5) is 0 Å². The Morgan fingerprint density at radius 3 is 2.38 bits per heavy atom. The average Bonchev–Trinajstić information content (AvgIpc) is 2.83. The average molecular weight is 433 g/mol. The van der Waals surface area contributed by atoms with Crippen molar-refractivity contribution >= 4 is 11.9 Å². The second-order valence-corrected chi connectivity index (χ2v) is 7.34. The lowest BCUT2D eigenvalue weighted by Crippen LogP contribution is -2.12. The van der Waals surface area contributed by atoms with Crippen molar-refractivity contribution < 1.29 is 23.8 Å². The fourth-order valence-electron chi connectivity index (χ4n) is 3.11. The van der Waals surface area contributed by atoms with Crippen molar-refractivity contribution in [1.29, 1.82) is 0 Å². The van der Waals surface area contributed by atoms with Gasteiger partial charge in [0.1, 0.15) is 17.1 Å². The monoisotopic (exact) mass is 432 g/mol. The van der Waals surface area contributed by atoms with Gasteiger partial charge in [-0.1, -0.05) is 61.9 Å². The number of ether oxygens (including phenoxy) is 3. The highest BCUT2D eigenvalue weighted by Gasteiger charge is 2.16. The zero-order chi connectivity index (χ0) is 22.6. The molecule has 5 heteroatoms. The SMILES string of the molecule is CCCCOc1ccccc1C(=O)Oc1cccc(C(=O)OCCCc2ccccc2)c1. The Labute approximate surface area is 188 Å². The second-order valence-electron chi connectivity index (χ2n) is 7.34. The fraction of sp³-hybridized carbons (Fsp3) is 0.259. The molecule has 0 N–H and O–H groups in total. The van der Waals surface area contributed by atoms with Gasteiger partial charge in [0.15, 0.2) is 0 Å². The van der Waals surface area contributed by atoms with Gasteiger partial charge in [-0.15, -0.1) is 0 Å². The van der Waals surface area contributed by atoms with Crippen LogP contribution in [0.25, 0.3) is 0 Å². The van der Waals surface area contributed by atoms with Crippen LogP contribution in [-0.2, 0) is 11.2 Å². The number of hydrogen-bond donors (Lipinski definition) is 0. The van der Waals surface area contributed by atoms with Crippen LogP contribution in [-0.4, -0.2) is 25.2 Å². The maximum absolute atomic E-state index is 12.7. The number of benzene rings is 3. The molecule has 0 saturated heterocycles. The number of para-hydroxylation sites is 1. The minimum Gasteiger partial charge on any atom is -0.493 e. The fourth-order valence-corrected chi connectivity index (χ4v) is 3.11. The molecule has 0 heterocycles. The molecule has 0 radical (unpaired) electrons. The first-order valence-electron chi connectivity index (χ1n) is 10.9. The van der Waals surface area contributed by atoms with E-state index in [0.717, 1.165) is 25.7 Å². The Morgan fingerprint density at radius 1 is 0.781 bits per heavy atom. The predicted molar refractivity (Wildman–Crippen MR) is 123 cm³/mol. The van der Waals surface area contributed by atoms with Gasteiger partial charge in [0.25, 0.3) is 0 Å². The molecule has 0 unspecified atom stereocenters. The molecule has 0 fully saturated rings. The zero-order valence-electron chi connectivity index (χ0n) is 18.3. The Kier molecular flexibility index (Phi) is 8.87. The van der Waals surface area contributed by atoms with Crippen molar-refractivity contribution in [2.75, 3.05) is 13.2 Å². The molecular formula is C27H28O5. The van der Waals surface area contributed by atoms with Crippen molar-refractivity contribution in [3.63, 3.8) is 0 Å². The lowest BCUT2D eigenvalue weighted by atomic mass is 10.1.